The van der Waals surface area contributed by atoms with Crippen molar-refractivity contribution in [1.29, 1.82) is 0 Å². The van der Waals surface area contributed by atoms with Crippen molar-refractivity contribution in [3.05, 3.63) is 122 Å². The normalized spacial score (nSPS) is 12.0. The highest BCUT2D eigenvalue weighted by Gasteiger charge is 2.18. The number of hydrogen-bond donors (Lipinski definition) is 0. The number of furan rings is 1. The van der Waals surface area contributed by atoms with Gasteiger partial charge in [0, 0.05) is 16.3 Å². The fourth-order valence-corrected chi connectivity index (χ4v) is 4.39. The van der Waals surface area contributed by atoms with Crippen LogP contribution in [0.15, 0.2) is 120 Å². The SMILES string of the molecule is C=CC=CC=Cc1cc(-c2ccccc2)nc(-n2c3ccccc3c3c4occc4ccc32)n1. The van der Waals surface area contributed by atoms with Crippen molar-refractivity contribution in [2.75, 3.05) is 0 Å². The molecule has 0 aliphatic heterocycles. The second kappa shape index (κ2) is 8.34. The molecule has 0 bridgehead atoms. The van der Waals surface area contributed by atoms with E-state index in [9.17, 15) is 0 Å². The lowest BCUT2D eigenvalue weighted by Crippen LogP contribution is -2.03. The Morgan fingerprint density at radius 1 is 0.794 bits per heavy atom. The van der Waals surface area contributed by atoms with Gasteiger partial charge in [0.25, 0.3) is 0 Å². The van der Waals surface area contributed by atoms with E-state index in [1.165, 1.54) is 0 Å². The van der Waals surface area contributed by atoms with Gasteiger partial charge in [-0.15, -0.1) is 0 Å². The number of allylic oxidation sites excluding steroid dienone is 4. The predicted octanol–water partition coefficient (Wildman–Crippen LogP) is 7.74. The van der Waals surface area contributed by atoms with Gasteiger partial charge in [-0.05, 0) is 36.4 Å². The summed E-state index contributed by atoms with van der Waals surface area (Å²) in [4.78, 5) is 9.95. The summed E-state index contributed by atoms with van der Waals surface area (Å²) in [5, 5.41) is 3.25. The van der Waals surface area contributed by atoms with Crippen LogP contribution in [0.2, 0.25) is 0 Å². The number of nitrogens with zero attached hydrogens (tertiary/aromatic N) is 3. The molecule has 0 saturated heterocycles. The van der Waals surface area contributed by atoms with E-state index in [-0.39, 0.29) is 0 Å². The Bertz CT molecular complexity index is 1720. The van der Waals surface area contributed by atoms with Crippen LogP contribution >= 0.6 is 0 Å². The van der Waals surface area contributed by atoms with Gasteiger partial charge in [-0.25, -0.2) is 9.97 Å². The molecule has 6 rings (SSSR count). The summed E-state index contributed by atoms with van der Waals surface area (Å²) in [5.41, 5.74) is 5.65. The lowest BCUT2D eigenvalue weighted by molar-refractivity contribution is 0.619. The van der Waals surface area contributed by atoms with Crippen LogP contribution in [0.25, 0.3) is 56.1 Å². The van der Waals surface area contributed by atoms with E-state index >= 15 is 0 Å². The van der Waals surface area contributed by atoms with E-state index in [2.05, 4.69) is 53.6 Å². The molecule has 0 unspecified atom stereocenters. The molecule has 0 fully saturated rings. The molecule has 34 heavy (non-hydrogen) atoms. The Kier molecular flexibility index (Phi) is 4.89. The molecule has 3 heterocycles. The fraction of sp³-hybridized carbons (Fsp3) is 0. The second-order valence-electron chi connectivity index (χ2n) is 7.97. The average molecular weight is 440 g/mol. The molecule has 0 aliphatic carbocycles. The van der Waals surface area contributed by atoms with Crippen molar-refractivity contribution in [2.45, 2.75) is 0 Å². The molecular formula is C30H21N3O. The zero-order chi connectivity index (χ0) is 22.9. The Labute approximate surface area is 196 Å². The molecule has 162 valence electrons. The lowest BCUT2D eigenvalue weighted by atomic mass is 10.1. The van der Waals surface area contributed by atoms with Crippen LogP contribution < -0.4 is 0 Å². The summed E-state index contributed by atoms with van der Waals surface area (Å²) in [6.07, 6.45) is 11.3. The molecule has 0 atom stereocenters. The Hall–Kier alpha value is -4.70. The highest BCUT2D eigenvalue weighted by molar-refractivity contribution is 6.19. The number of para-hydroxylation sites is 1. The van der Waals surface area contributed by atoms with Gasteiger partial charge in [0.05, 0.1) is 34.1 Å². The fourth-order valence-electron chi connectivity index (χ4n) is 4.39. The third kappa shape index (κ3) is 3.33. The summed E-state index contributed by atoms with van der Waals surface area (Å²) >= 11 is 0. The molecular weight excluding hydrogens is 418 g/mol. The quantitative estimate of drug-likeness (QED) is 0.258. The maximum absolute atomic E-state index is 5.90. The number of aromatic nitrogens is 3. The van der Waals surface area contributed by atoms with Crippen molar-refractivity contribution >= 4 is 38.9 Å². The maximum Gasteiger partial charge on any atom is 0.235 e. The molecule has 3 aromatic carbocycles. The minimum Gasteiger partial charge on any atom is -0.464 e. The van der Waals surface area contributed by atoms with Crippen LogP contribution in [0.3, 0.4) is 0 Å². The molecule has 4 nitrogen and oxygen atoms in total. The van der Waals surface area contributed by atoms with Crippen molar-refractivity contribution < 1.29 is 4.42 Å². The summed E-state index contributed by atoms with van der Waals surface area (Å²) in [5.74, 6) is 0.616. The number of hydrogen-bond acceptors (Lipinski definition) is 3. The first-order valence-corrected chi connectivity index (χ1v) is 11.1. The number of benzene rings is 3. The van der Waals surface area contributed by atoms with Crippen molar-refractivity contribution in [3.63, 3.8) is 0 Å². The highest BCUT2D eigenvalue weighted by atomic mass is 16.3. The smallest absolute Gasteiger partial charge is 0.235 e. The number of fused-ring (bicyclic) bond motifs is 5. The molecule has 6 aromatic rings. The summed E-state index contributed by atoms with van der Waals surface area (Å²) in [6, 6.07) is 26.7. The van der Waals surface area contributed by atoms with Crippen LogP contribution in [0.5, 0.6) is 0 Å². The average Bonchev–Trinajstić information content (AvgIpc) is 3.49. The largest absolute Gasteiger partial charge is 0.464 e. The predicted molar refractivity (Wildman–Crippen MR) is 140 cm³/mol. The third-order valence-electron chi connectivity index (χ3n) is 5.88. The Morgan fingerprint density at radius 3 is 2.53 bits per heavy atom. The van der Waals surface area contributed by atoms with E-state index in [0.29, 0.717) is 5.95 Å². The molecule has 0 radical (unpaired) electrons. The molecule has 4 heteroatoms. The molecule has 0 spiro atoms. The van der Waals surface area contributed by atoms with E-state index in [1.54, 1.807) is 12.3 Å². The monoisotopic (exact) mass is 439 g/mol. The van der Waals surface area contributed by atoms with Gasteiger partial charge in [-0.3, -0.25) is 4.57 Å². The van der Waals surface area contributed by atoms with Crippen LogP contribution in [0, 0.1) is 0 Å². The molecule has 3 aromatic heterocycles. The van der Waals surface area contributed by atoms with Gasteiger partial charge in [-0.2, -0.15) is 0 Å². The van der Waals surface area contributed by atoms with Crippen molar-refractivity contribution in [3.8, 4) is 17.2 Å². The van der Waals surface area contributed by atoms with Gasteiger partial charge in [0.2, 0.25) is 5.95 Å². The standard InChI is InChI=1S/C30H21N3O/c1-2-3-4-8-13-23-20-25(21-11-6-5-7-12-21)32-30(31-23)33-26-15-10-9-14-24(26)28-27(33)17-16-22-18-19-34-29(22)28/h2-20H,1H2. The van der Waals surface area contributed by atoms with Gasteiger partial charge >= 0.3 is 0 Å². The zero-order valence-electron chi connectivity index (χ0n) is 18.4. The first kappa shape index (κ1) is 19.9. The molecule has 0 amide bonds. The minimum absolute atomic E-state index is 0.616. The van der Waals surface area contributed by atoms with Crippen LogP contribution in [0.4, 0.5) is 0 Å². The summed E-state index contributed by atoms with van der Waals surface area (Å²) in [6.45, 7) is 3.73. The topological polar surface area (TPSA) is 43.9 Å². The van der Waals surface area contributed by atoms with E-state index in [1.807, 2.05) is 60.7 Å². The summed E-state index contributed by atoms with van der Waals surface area (Å²) < 4.78 is 8.02. The van der Waals surface area contributed by atoms with E-state index in [4.69, 9.17) is 14.4 Å². The van der Waals surface area contributed by atoms with Gasteiger partial charge in [0.1, 0.15) is 5.58 Å². The summed E-state index contributed by atoms with van der Waals surface area (Å²) in [7, 11) is 0. The highest BCUT2D eigenvalue weighted by Crippen LogP contribution is 2.36. The third-order valence-corrected chi connectivity index (χ3v) is 5.88. The zero-order valence-corrected chi connectivity index (χ0v) is 18.4. The molecule has 0 saturated carbocycles. The first-order valence-electron chi connectivity index (χ1n) is 11.1. The lowest BCUT2D eigenvalue weighted by Gasteiger charge is -2.10. The maximum atomic E-state index is 5.90. The van der Waals surface area contributed by atoms with Crippen LogP contribution in [-0.2, 0) is 0 Å². The van der Waals surface area contributed by atoms with Gasteiger partial charge in [-0.1, -0.05) is 79.4 Å². The van der Waals surface area contributed by atoms with E-state index < -0.39 is 0 Å². The Morgan fingerprint density at radius 2 is 1.65 bits per heavy atom. The van der Waals surface area contributed by atoms with Gasteiger partial charge < -0.3 is 4.42 Å². The number of rotatable bonds is 5. The van der Waals surface area contributed by atoms with Crippen molar-refractivity contribution in [2.24, 2.45) is 0 Å². The minimum atomic E-state index is 0.616. The van der Waals surface area contributed by atoms with Crippen LogP contribution in [-0.4, -0.2) is 14.5 Å². The first-order chi connectivity index (χ1) is 16.8. The molecule has 0 N–H and O–H groups in total. The second-order valence-corrected chi connectivity index (χ2v) is 7.97. The van der Waals surface area contributed by atoms with Gasteiger partial charge in [0.15, 0.2) is 0 Å². The Balaban J connectivity index is 1.66. The van der Waals surface area contributed by atoms with E-state index in [0.717, 1.165) is 49.7 Å². The van der Waals surface area contributed by atoms with Crippen LogP contribution in [0.1, 0.15) is 5.69 Å². The molecule has 0 aliphatic rings. The van der Waals surface area contributed by atoms with Crippen molar-refractivity contribution in [1.82, 2.24) is 14.5 Å².